The number of aryl methyl sites for hydroxylation is 2. The zero-order valence-corrected chi connectivity index (χ0v) is 39.0. The number of hydrogen-bond donors (Lipinski definition) is 0. The highest BCUT2D eigenvalue weighted by atomic mass is 15.2. The molecule has 0 spiro atoms. The molecule has 3 rings (SSSR count). The molecule has 0 radical (unpaired) electrons. The molecule has 0 bridgehead atoms. The van der Waals surface area contributed by atoms with E-state index in [1.54, 1.807) is 4.70 Å². The molecule has 0 aromatic heterocycles. The second-order valence-electron chi connectivity index (χ2n) is 18.3. The molecule has 2 nitrogen and oxygen atoms in total. The van der Waals surface area contributed by atoms with Crippen LogP contribution in [0.2, 0.25) is 0 Å². The molecular weight excluding hydrogens is 701 g/mol. The standard InChI is InChI=1S/C56H92N2/c1-5-9-13-14-15-16-17-18-19-20-21-22-23-24-25-26-27-28-29-30-31-32-36-46-54-53(45-35-12-8-4)55(51-43-37-41-49(47-51)39-33-10-6-2)58(57)56(54)52-44-38-42-50(48-52)40-34-11-7-3/h37-38,41-44,47-48H,5-36,39-40,45-46H2,1-4H3. The van der Waals surface area contributed by atoms with Gasteiger partial charge in [0.15, 0.2) is 0 Å². The second kappa shape index (κ2) is 33.3. The van der Waals surface area contributed by atoms with Gasteiger partial charge in [0, 0.05) is 22.3 Å². The van der Waals surface area contributed by atoms with Gasteiger partial charge in [-0.25, -0.2) is 4.70 Å². The summed E-state index contributed by atoms with van der Waals surface area (Å²) in [6.45, 7) is 9.17. The maximum Gasteiger partial charge on any atom is 0.211 e. The minimum atomic E-state index is 1.04. The second-order valence-corrected chi connectivity index (χ2v) is 18.3. The van der Waals surface area contributed by atoms with Crippen molar-refractivity contribution in [3.63, 3.8) is 0 Å². The van der Waals surface area contributed by atoms with E-state index in [2.05, 4.69) is 76.2 Å². The number of rotatable bonds is 38. The van der Waals surface area contributed by atoms with Crippen molar-refractivity contribution >= 4 is 11.4 Å². The number of hydrogen-bond acceptors (Lipinski definition) is 0. The van der Waals surface area contributed by atoms with Crippen LogP contribution >= 0.6 is 0 Å². The molecule has 0 saturated carbocycles. The molecule has 2 aromatic rings. The Bertz CT molecular complexity index is 1410. The summed E-state index contributed by atoms with van der Waals surface area (Å²) in [7, 11) is 0. The first-order valence-electron chi connectivity index (χ1n) is 25.8. The summed E-state index contributed by atoms with van der Waals surface area (Å²) < 4.78 is 1.62. The summed E-state index contributed by atoms with van der Waals surface area (Å²) in [5, 5.41) is 0. The van der Waals surface area contributed by atoms with Crippen LogP contribution in [0.3, 0.4) is 0 Å². The zero-order valence-electron chi connectivity index (χ0n) is 39.0. The number of nitrogens with zero attached hydrogens (tertiary/aromatic N) is 2. The van der Waals surface area contributed by atoms with E-state index in [1.165, 1.54) is 239 Å². The lowest BCUT2D eigenvalue weighted by Crippen LogP contribution is -2.03. The summed E-state index contributed by atoms with van der Waals surface area (Å²) >= 11 is 0. The number of unbranched alkanes of at least 4 members (excludes halogenated alkanes) is 28. The maximum absolute atomic E-state index is 12.3. The average Bonchev–Trinajstić information content (AvgIpc) is 3.51. The van der Waals surface area contributed by atoms with Gasteiger partial charge in [0.25, 0.3) is 0 Å². The van der Waals surface area contributed by atoms with Crippen LogP contribution in [0, 0.1) is 0 Å². The molecule has 1 heterocycles. The minimum absolute atomic E-state index is 1.04. The van der Waals surface area contributed by atoms with Gasteiger partial charge in [-0.05, 0) is 86.8 Å². The monoisotopic (exact) mass is 793 g/mol. The Hall–Kier alpha value is -2.48. The van der Waals surface area contributed by atoms with Crippen molar-refractivity contribution in [2.24, 2.45) is 0 Å². The molecule has 0 aliphatic carbocycles. The molecule has 0 amide bonds. The van der Waals surface area contributed by atoms with Crippen molar-refractivity contribution in [2.45, 2.75) is 259 Å². The van der Waals surface area contributed by atoms with Crippen molar-refractivity contribution in [2.75, 3.05) is 0 Å². The van der Waals surface area contributed by atoms with Crippen LogP contribution in [0.25, 0.3) is 16.9 Å². The van der Waals surface area contributed by atoms with Crippen LogP contribution in [0.4, 0.5) is 0 Å². The van der Waals surface area contributed by atoms with E-state index in [-0.39, 0.29) is 0 Å². The zero-order chi connectivity index (χ0) is 41.3. The van der Waals surface area contributed by atoms with Crippen LogP contribution in [-0.2, 0) is 12.8 Å². The number of benzene rings is 2. The van der Waals surface area contributed by atoms with Gasteiger partial charge in [-0.3, -0.25) is 0 Å². The lowest BCUT2D eigenvalue weighted by molar-refractivity contribution is -0.345. The Labute approximate surface area is 361 Å². The van der Waals surface area contributed by atoms with Crippen LogP contribution in [0.15, 0.2) is 59.7 Å². The highest BCUT2D eigenvalue weighted by Crippen LogP contribution is 2.45. The first kappa shape index (κ1) is 49.9. The van der Waals surface area contributed by atoms with Gasteiger partial charge in [-0.1, -0.05) is 232 Å². The summed E-state index contributed by atoms with van der Waals surface area (Å²) in [6.07, 6.45) is 48.0. The molecule has 2 heteroatoms. The van der Waals surface area contributed by atoms with E-state index in [0.717, 1.165) is 37.1 Å². The van der Waals surface area contributed by atoms with Gasteiger partial charge in [-0.15, -0.1) is 0 Å². The topological polar surface area (TPSA) is 25.3 Å². The Morgan fingerprint density at radius 3 is 0.914 bits per heavy atom. The summed E-state index contributed by atoms with van der Waals surface area (Å²) in [5.74, 6) is 0. The van der Waals surface area contributed by atoms with Crippen LogP contribution < -0.4 is 0 Å². The molecule has 0 atom stereocenters. The average molecular weight is 793 g/mol. The molecule has 0 unspecified atom stereocenters. The normalized spacial score (nSPS) is 13.1. The Kier molecular flexibility index (Phi) is 28.6. The highest BCUT2D eigenvalue weighted by molar-refractivity contribution is 5.82. The van der Waals surface area contributed by atoms with Gasteiger partial charge in [-0.2, -0.15) is 0 Å². The van der Waals surface area contributed by atoms with Crippen LogP contribution in [-0.4, -0.2) is 4.70 Å². The van der Waals surface area contributed by atoms with Crippen LogP contribution in [0.1, 0.15) is 268 Å². The lowest BCUT2D eigenvalue weighted by atomic mass is 9.90. The van der Waals surface area contributed by atoms with Crippen molar-refractivity contribution < 1.29 is 4.70 Å². The number of allylic oxidation sites excluding steroid dienone is 2. The largest absolute Gasteiger partial charge is 0.493 e. The third-order valence-electron chi connectivity index (χ3n) is 13.0. The van der Waals surface area contributed by atoms with Gasteiger partial charge in [0.1, 0.15) is 0 Å². The Balaban J connectivity index is 1.47. The molecule has 0 N–H and O–H groups in total. The molecule has 1 aliphatic rings. The minimum Gasteiger partial charge on any atom is -0.493 e. The SMILES string of the molecule is CCCCCCCCCCCCCCCCCCCCCCCCCC1=C(c2cccc(CCCCC)c2)[N+](=[N-])C(c2cccc(CCCCC)c2)=C1CCCCC. The molecule has 326 valence electrons. The van der Waals surface area contributed by atoms with Gasteiger partial charge in [0.05, 0.1) is 0 Å². The first-order chi connectivity index (χ1) is 28.6. The molecule has 0 fully saturated rings. The predicted octanol–water partition coefficient (Wildman–Crippen LogP) is 19.3. The van der Waals surface area contributed by atoms with Crippen molar-refractivity contribution in [1.29, 1.82) is 0 Å². The third kappa shape index (κ3) is 20.2. The highest BCUT2D eigenvalue weighted by Gasteiger charge is 2.35. The van der Waals surface area contributed by atoms with Crippen LogP contribution in [0.5, 0.6) is 0 Å². The van der Waals surface area contributed by atoms with Crippen molar-refractivity contribution in [3.05, 3.63) is 87.5 Å². The van der Waals surface area contributed by atoms with E-state index >= 15 is 0 Å². The van der Waals surface area contributed by atoms with E-state index in [9.17, 15) is 5.53 Å². The molecule has 1 aliphatic heterocycles. The van der Waals surface area contributed by atoms with Gasteiger partial charge in [0.2, 0.25) is 11.4 Å². The Morgan fingerprint density at radius 1 is 0.328 bits per heavy atom. The first-order valence-corrected chi connectivity index (χ1v) is 25.8. The van der Waals surface area contributed by atoms with Gasteiger partial charge < -0.3 is 5.53 Å². The van der Waals surface area contributed by atoms with E-state index in [1.807, 2.05) is 0 Å². The van der Waals surface area contributed by atoms with E-state index < -0.39 is 0 Å². The molecule has 2 aromatic carbocycles. The fourth-order valence-electron chi connectivity index (χ4n) is 9.33. The van der Waals surface area contributed by atoms with E-state index in [0.29, 0.717) is 0 Å². The maximum atomic E-state index is 12.3. The van der Waals surface area contributed by atoms with Crippen molar-refractivity contribution in [3.8, 4) is 0 Å². The quantitative estimate of drug-likeness (QED) is 0.0478. The summed E-state index contributed by atoms with van der Waals surface area (Å²) in [5.41, 5.74) is 22.3. The smallest absolute Gasteiger partial charge is 0.211 e. The van der Waals surface area contributed by atoms with Crippen molar-refractivity contribution in [1.82, 2.24) is 0 Å². The van der Waals surface area contributed by atoms with Gasteiger partial charge >= 0.3 is 0 Å². The fourth-order valence-corrected chi connectivity index (χ4v) is 9.33. The molecular formula is C56H92N2. The predicted molar refractivity (Wildman–Crippen MR) is 257 cm³/mol. The fraction of sp³-hybridized carbons (Fsp3) is 0.714. The molecule has 58 heavy (non-hydrogen) atoms. The van der Waals surface area contributed by atoms with E-state index in [4.69, 9.17) is 0 Å². The summed E-state index contributed by atoms with van der Waals surface area (Å²) in [6, 6.07) is 18.2. The third-order valence-corrected chi connectivity index (χ3v) is 13.0. The Morgan fingerprint density at radius 2 is 0.586 bits per heavy atom. The lowest BCUT2D eigenvalue weighted by Gasteiger charge is -2.12. The summed E-state index contributed by atoms with van der Waals surface area (Å²) in [4.78, 5) is 0. The molecule has 0 saturated heterocycles.